The van der Waals surface area contributed by atoms with Crippen LogP contribution >= 0.6 is 0 Å². The van der Waals surface area contributed by atoms with E-state index in [1.165, 1.54) is 24.0 Å². The lowest BCUT2D eigenvalue weighted by Crippen LogP contribution is -2.43. The van der Waals surface area contributed by atoms with Crippen LogP contribution in [0.3, 0.4) is 0 Å². The molecule has 184 valence electrons. The van der Waals surface area contributed by atoms with Crippen molar-refractivity contribution >= 4 is 23.4 Å². The zero-order chi connectivity index (χ0) is 25.3. The summed E-state index contributed by atoms with van der Waals surface area (Å²) >= 11 is 0. The third-order valence-corrected chi connectivity index (χ3v) is 5.98. The van der Waals surface area contributed by atoms with Crippen LogP contribution < -0.4 is 5.73 Å². The van der Waals surface area contributed by atoms with Gasteiger partial charge in [-0.3, -0.25) is 0 Å². The maximum atomic E-state index is 16.4. The number of halogens is 1. The van der Waals surface area contributed by atoms with Crippen molar-refractivity contribution in [3.63, 3.8) is 0 Å². The highest BCUT2D eigenvalue weighted by Gasteiger charge is 2.59. The number of alkyl halides is 1. The number of nitrogen functional groups attached to an aromatic ring is 1. The van der Waals surface area contributed by atoms with Crippen LogP contribution in [-0.2, 0) is 14.2 Å². The van der Waals surface area contributed by atoms with Crippen molar-refractivity contribution in [2.24, 2.45) is 0 Å². The van der Waals surface area contributed by atoms with Crippen molar-refractivity contribution < 1.29 is 28.2 Å². The molecule has 5 rings (SSSR count). The standard InChI is InChI=1S/C25H22FN5O5/c1-25(26)19(17-12-28-22-21(27)29-14-30-31(17)22)35-18(13-34-23(32)15-8-4-2-5-9-15)20(25)36-24(33)16-10-6-3-7-11-16/h2-12,14,18-20H,13H2,1H3,(H2,27,29,30)/t18-,19+,20-,25+/m1/s1. The van der Waals surface area contributed by atoms with Crippen LogP contribution in [0.4, 0.5) is 10.2 Å². The van der Waals surface area contributed by atoms with Crippen molar-refractivity contribution in [2.75, 3.05) is 12.3 Å². The Hall–Kier alpha value is -4.38. The van der Waals surface area contributed by atoms with E-state index in [1.54, 1.807) is 60.7 Å². The molecule has 10 nitrogen and oxygen atoms in total. The molecule has 0 amide bonds. The van der Waals surface area contributed by atoms with Gasteiger partial charge in [0.1, 0.15) is 25.1 Å². The summed E-state index contributed by atoms with van der Waals surface area (Å²) in [6.45, 7) is 0.897. The van der Waals surface area contributed by atoms with Gasteiger partial charge in [0.05, 0.1) is 23.0 Å². The predicted octanol–water partition coefficient (Wildman–Crippen LogP) is 2.96. The Morgan fingerprint density at radius 1 is 1.06 bits per heavy atom. The van der Waals surface area contributed by atoms with E-state index < -0.39 is 35.9 Å². The van der Waals surface area contributed by atoms with E-state index in [0.29, 0.717) is 5.56 Å². The second-order valence-electron chi connectivity index (χ2n) is 8.43. The van der Waals surface area contributed by atoms with Gasteiger partial charge < -0.3 is 19.9 Å². The fourth-order valence-corrected chi connectivity index (χ4v) is 4.17. The fourth-order valence-electron chi connectivity index (χ4n) is 4.17. The van der Waals surface area contributed by atoms with Crippen molar-refractivity contribution in [2.45, 2.75) is 30.9 Å². The minimum absolute atomic E-state index is 0.107. The molecule has 11 heteroatoms. The fraction of sp³-hybridized carbons (Fsp3) is 0.240. The molecule has 2 aromatic carbocycles. The molecule has 4 aromatic rings. The Kier molecular flexibility index (Phi) is 6.06. The summed E-state index contributed by atoms with van der Waals surface area (Å²) < 4.78 is 34.8. The lowest BCUT2D eigenvalue weighted by molar-refractivity contribution is -0.0449. The average Bonchev–Trinajstić information content (AvgIpc) is 3.42. The molecule has 2 N–H and O–H groups in total. The molecule has 1 saturated heterocycles. The van der Waals surface area contributed by atoms with Gasteiger partial charge in [-0.15, -0.1) is 0 Å². The third-order valence-electron chi connectivity index (χ3n) is 5.98. The number of ether oxygens (including phenoxy) is 3. The Morgan fingerprint density at radius 2 is 1.69 bits per heavy atom. The van der Waals surface area contributed by atoms with Crippen LogP contribution in [0.1, 0.15) is 39.4 Å². The quantitative estimate of drug-likeness (QED) is 0.404. The molecule has 36 heavy (non-hydrogen) atoms. The zero-order valence-corrected chi connectivity index (χ0v) is 19.2. The van der Waals surface area contributed by atoms with Crippen LogP contribution in [-0.4, -0.2) is 56.0 Å². The number of carbonyl (C=O) groups excluding carboxylic acids is 2. The topological polar surface area (TPSA) is 131 Å². The molecule has 1 aliphatic heterocycles. The number of imidazole rings is 1. The molecule has 1 fully saturated rings. The number of benzene rings is 2. The Bertz CT molecular complexity index is 1400. The van der Waals surface area contributed by atoms with Crippen LogP contribution in [0.2, 0.25) is 0 Å². The van der Waals surface area contributed by atoms with E-state index in [4.69, 9.17) is 19.9 Å². The van der Waals surface area contributed by atoms with Crippen molar-refractivity contribution in [3.8, 4) is 0 Å². The Morgan fingerprint density at radius 3 is 2.36 bits per heavy atom. The van der Waals surface area contributed by atoms with E-state index in [1.807, 2.05) is 0 Å². The molecular weight excluding hydrogens is 469 g/mol. The number of nitrogens with zero attached hydrogens (tertiary/aromatic N) is 4. The summed E-state index contributed by atoms with van der Waals surface area (Å²) in [5.74, 6) is -1.25. The van der Waals surface area contributed by atoms with Crippen LogP contribution in [0.5, 0.6) is 0 Å². The van der Waals surface area contributed by atoms with Gasteiger partial charge in [-0.25, -0.2) is 28.5 Å². The summed E-state index contributed by atoms with van der Waals surface area (Å²) in [5, 5.41) is 4.11. The molecule has 0 unspecified atom stereocenters. The van der Waals surface area contributed by atoms with Gasteiger partial charge in [0.2, 0.25) is 0 Å². The lowest BCUT2D eigenvalue weighted by Gasteiger charge is -2.27. The summed E-state index contributed by atoms with van der Waals surface area (Å²) in [7, 11) is 0. The maximum Gasteiger partial charge on any atom is 0.338 e. The smallest absolute Gasteiger partial charge is 0.338 e. The first kappa shape index (κ1) is 23.4. The monoisotopic (exact) mass is 491 g/mol. The van der Waals surface area contributed by atoms with Crippen molar-refractivity contribution in [1.29, 1.82) is 0 Å². The van der Waals surface area contributed by atoms with Gasteiger partial charge in [-0.2, -0.15) is 5.10 Å². The zero-order valence-electron chi connectivity index (χ0n) is 19.2. The molecule has 1 aliphatic rings. The van der Waals surface area contributed by atoms with Gasteiger partial charge in [-0.1, -0.05) is 36.4 Å². The average molecular weight is 491 g/mol. The van der Waals surface area contributed by atoms with Crippen LogP contribution in [0.15, 0.2) is 73.2 Å². The number of anilines is 1. The Labute approximate surface area is 204 Å². The number of fused-ring (bicyclic) bond motifs is 1. The van der Waals surface area contributed by atoms with Crippen molar-refractivity contribution in [3.05, 3.63) is 90.0 Å². The molecule has 0 radical (unpaired) electrons. The van der Waals surface area contributed by atoms with Crippen molar-refractivity contribution in [1.82, 2.24) is 19.6 Å². The number of hydrogen-bond donors (Lipinski definition) is 1. The molecule has 0 aliphatic carbocycles. The molecule has 3 heterocycles. The first-order chi connectivity index (χ1) is 17.4. The molecule has 0 saturated carbocycles. The van der Waals surface area contributed by atoms with Gasteiger partial charge in [0.25, 0.3) is 0 Å². The van der Waals surface area contributed by atoms with E-state index in [9.17, 15) is 9.59 Å². The molecule has 0 spiro atoms. The molecular formula is C25H22FN5O5. The highest BCUT2D eigenvalue weighted by atomic mass is 19.1. The number of aromatic nitrogens is 4. The predicted molar refractivity (Wildman–Crippen MR) is 125 cm³/mol. The number of hydrogen-bond acceptors (Lipinski definition) is 9. The number of carbonyl (C=O) groups is 2. The lowest BCUT2D eigenvalue weighted by atomic mass is 9.93. The highest BCUT2D eigenvalue weighted by Crippen LogP contribution is 2.46. The summed E-state index contributed by atoms with van der Waals surface area (Å²) in [4.78, 5) is 33.4. The second-order valence-corrected chi connectivity index (χ2v) is 8.43. The van der Waals surface area contributed by atoms with Gasteiger partial charge in [-0.05, 0) is 31.2 Å². The second kappa shape index (κ2) is 9.34. The number of esters is 2. The van der Waals surface area contributed by atoms with E-state index >= 15 is 4.39 Å². The van der Waals surface area contributed by atoms with Crippen LogP contribution in [0.25, 0.3) is 5.65 Å². The SMILES string of the molecule is C[C@@]1(F)[C@H](OC(=O)c2ccccc2)[C@@H](COC(=O)c2ccccc2)O[C@H]1c1cnc2c(N)ncnn12. The maximum absolute atomic E-state index is 16.4. The third kappa shape index (κ3) is 4.24. The largest absolute Gasteiger partial charge is 0.459 e. The van der Waals surface area contributed by atoms with Gasteiger partial charge in [0, 0.05) is 0 Å². The van der Waals surface area contributed by atoms with Crippen LogP contribution in [0, 0.1) is 0 Å². The molecule has 2 aromatic heterocycles. The summed E-state index contributed by atoms with van der Waals surface area (Å²) in [6, 6.07) is 16.5. The highest BCUT2D eigenvalue weighted by molar-refractivity contribution is 5.90. The minimum atomic E-state index is -2.25. The van der Waals surface area contributed by atoms with E-state index in [-0.39, 0.29) is 29.3 Å². The summed E-state index contributed by atoms with van der Waals surface area (Å²) in [6.07, 6.45) is -1.21. The van der Waals surface area contributed by atoms with E-state index in [2.05, 4.69) is 15.1 Å². The number of nitrogens with two attached hydrogens (primary N) is 1. The molecule has 0 bridgehead atoms. The summed E-state index contributed by atoms with van der Waals surface area (Å²) in [5.41, 5.74) is 4.64. The van der Waals surface area contributed by atoms with Gasteiger partial charge >= 0.3 is 11.9 Å². The number of rotatable bonds is 6. The minimum Gasteiger partial charge on any atom is -0.459 e. The first-order valence-corrected chi connectivity index (χ1v) is 11.1. The normalized spacial score (nSPS) is 23.4. The Balaban J connectivity index is 1.45. The first-order valence-electron chi connectivity index (χ1n) is 11.1. The van der Waals surface area contributed by atoms with E-state index in [0.717, 1.165) is 0 Å². The van der Waals surface area contributed by atoms with Gasteiger partial charge in [0.15, 0.2) is 23.2 Å². The molecule has 4 atom stereocenters.